The topological polar surface area (TPSA) is 127 Å². The Labute approximate surface area is 135 Å². The zero-order valence-electron chi connectivity index (χ0n) is 12.2. The molecule has 0 aliphatic carbocycles. The third-order valence-corrected chi connectivity index (χ3v) is 2.96. The number of carbonyl (C=O) groups excluding carboxylic acids is 1. The lowest BCUT2D eigenvalue weighted by Gasteiger charge is -1.94. The van der Waals surface area contributed by atoms with Gasteiger partial charge in [-0.25, -0.2) is 0 Å². The number of furan rings is 1. The summed E-state index contributed by atoms with van der Waals surface area (Å²) in [5.41, 5.74) is 0.837. The minimum Gasteiger partial charge on any atom is -0.401 e. The van der Waals surface area contributed by atoms with E-state index in [1.807, 2.05) is 30.3 Å². The quantitative estimate of drug-likeness (QED) is 0.422. The minimum absolute atomic E-state index is 0.119. The molecule has 9 nitrogen and oxygen atoms in total. The molecule has 2 heterocycles. The molecule has 1 aromatic carbocycles. The highest BCUT2D eigenvalue weighted by Gasteiger charge is 2.11. The molecular weight excluding hydrogens is 314 g/mol. The van der Waals surface area contributed by atoms with E-state index >= 15 is 0 Å². The van der Waals surface area contributed by atoms with Gasteiger partial charge in [-0.1, -0.05) is 30.3 Å². The molecule has 0 bridgehead atoms. The number of aromatic nitrogens is 3. The Morgan fingerprint density at radius 1 is 1.25 bits per heavy atom. The van der Waals surface area contributed by atoms with Crippen molar-refractivity contribution in [3.05, 3.63) is 64.4 Å². The number of benzene rings is 1. The van der Waals surface area contributed by atoms with Gasteiger partial charge in [-0.05, 0) is 12.1 Å². The molecule has 120 valence electrons. The molecule has 1 amide bonds. The first-order valence-electron chi connectivity index (χ1n) is 6.83. The number of aromatic amines is 1. The van der Waals surface area contributed by atoms with Gasteiger partial charge < -0.3 is 4.42 Å². The number of nitrogens with zero attached hydrogens (tertiary/aromatic N) is 3. The van der Waals surface area contributed by atoms with Crippen molar-refractivity contribution in [3.63, 3.8) is 0 Å². The zero-order chi connectivity index (χ0) is 16.9. The van der Waals surface area contributed by atoms with Crippen molar-refractivity contribution in [3.8, 4) is 11.4 Å². The van der Waals surface area contributed by atoms with E-state index in [9.17, 15) is 14.9 Å². The van der Waals surface area contributed by atoms with Crippen LogP contribution in [-0.2, 0) is 4.79 Å². The van der Waals surface area contributed by atoms with Crippen LogP contribution < -0.4 is 5.32 Å². The average molecular weight is 325 g/mol. The van der Waals surface area contributed by atoms with Crippen LogP contribution in [-0.4, -0.2) is 26.0 Å². The number of carbonyl (C=O) groups is 1. The number of nitro groups is 1. The molecule has 24 heavy (non-hydrogen) atoms. The summed E-state index contributed by atoms with van der Waals surface area (Å²) >= 11 is 0. The molecule has 0 saturated heterocycles. The zero-order valence-corrected chi connectivity index (χ0v) is 12.2. The van der Waals surface area contributed by atoms with Gasteiger partial charge in [0.25, 0.3) is 5.91 Å². The van der Waals surface area contributed by atoms with E-state index in [1.54, 1.807) is 0 Å². The predicted molar refractivity (Wildman–Crippen MR) is 84.8 cm³/mol. The largest absolute Gasteiger partial charge is 0.433 e. The van der Waals surface area contributed by atoms with Crippen LogP contribution in [0.25, 0.3) is 17.5 Å². The fourth-order valence-corrected chi connectivity index (χ4v) is 1.88. The van der Waals surface area contributed by atoms with E-state index in [4.69, 9.17) is 4.42 Å². The Morgan fingerprint density at radius 2 is 2.04 bits per heavy atom. The number of rotatable bonds is 5. The highest BCUT2D eigenvalue weighted by molar-refractivity contribution is 6.00. The minimum atomic E-state index is -0.657. The van der Waals surface area contributed by atoms with Crippen LogP contribution in [0.15, 0.2) is 53.0 Å². The summed E-state index contributed by atoms with van der Waals surface area (Å²) in [6.45, 7) is 0. The first-order valence-corrected chi connectivity index (χ1v) is 6.83. The van der Waals surface area contributed by atoms with Gasteiger partial charge >= 0.3 is 5.88 Å². The molecule has 0 fully saturated rings. The molecular formula is C15H11N5O4. The van der Waals surface area contributed by atoms with Gasteiger partial charge in [0.1, 0.15) is 10.7 Å². The average Bonchev–Trinajstić information content (AvgIpc) is 3.23. The second-order valence-electron chi connectivity index (χ2n) is 4.63. The molecule has 0 unspecified atom stereocenters. The van der Waals surface area contributed by atoms with Gasteiger partial charge in [0.2, 0.25) is 5.95 Å². The molecule has 3 aromatic rings. The highest BCUT2D eigenvalue weighted by atomic mass is 16.6. The van der Waals surface area contributed by atoms with E-state index in [-0.39, 0.29) is 11.7 Å². The molecule has 3 rings (SSSR count). The molecule has 2 N–H and O–H groups in total. The number of hydrogen-bond donors (Lipinski definition) is 2. The van der Waals surface area contributed by atoms with Gasteiger partial charge in [0.15, 0.2) is 5.82 Å². The summed E-state index contributed by atoms with van der Waals surface area (Å²) in [5, 5.41) is 19.6. The van der Waals surface area contributed by atoms with Crippen LogP contribution in [0.1, 0.15) is 5.76 Å². The SMILES string of the molecule is O=C(C=Cc1ccc([N+](=O)[O-])o1)Nc1n[nH]c(-c2ccccc2)n1. The van der Waals surface area contributed by atoms with Gasteiger partial charge in [-0.3, -0.25) is 25.3 Å². The Morgan fingerprint density at radius 3 is 2.75 bits per heavy atom. The Bertz CT molecular complexity index is 897. The summed E-state index contributed by atoms with van der Waals surface area (Å²) in [4.78, 5) is 25.8. The Balaban J connectivity index is 1.63. The first kappa shape index (κ1) is 15.2. The number of nitrogens with one attached hydrogen (secondary N) is 2. The van der Waals surface area contributed by atoms with Crippen molar-refractivity contribution >= 4 is 23.8 Å². The lowest BCUT2D eigenvalue weighted by atomic mass is 10.2. The second-order valence-corrected chi connectivity index (χ2v) is 4.63. The Kier molecular flexibility index (Phi) is 4.15. The summed E-state index contributed by atoms with van der Waals surface area (Å²) in [5.74, 6) is -0.0496. The van der Waals surface area contributed by atoms with Crippen molar-refractivity contribution in [1.82, 2.24) is 15.2 Å². The summed E-state index contributed by atoms with van der Waals surface area (Å²) < 4.78 is 4.90. The van der Waals surface area contributed by atoms with Crippen molar-refractivity contribution < 1.29 is 14.1 Å². The normalized spacial score (nSPS) is 10.8. The van der Waals surface area contributed by atoms with Crippen LogP contribution in [0, 0.1) is 10.1 Å². The number of hydrogen-bond acceptors (Lipinski definition) is 6. The molecule has 0 atom stereocenters. The molecule has 2 aromatic heterocycles. The number of amides is 1. The van der Waals surface area contributed by atoms with Crippen LogP contribution >= 0.6 is 0 Å². The smallest absolute Gasteiger partial charge is 0.401 e. The molecule has 0 saturated carbocycles. The molecule has 0 aliphatic rings. The molecule has 0 aliphatic heterocycles. The third-order valence-electron chi connectivity index (χ3n) is 2.96. The van der Waals surface area contributed by atoms with Crippen LogP contribution in [0.5, 0.6) is 0 Å². The summed E-state index contributed by atoms with van der Waals surface area (Å²) in [6.07, 6.45) is 2.48. The fourth-order valence-electron chi connectivity index (χ4n) is 1.88. The molecule has 0 spiro atoms. The van der Waals surface area contributed by atoms with Gasteiger partial charge in [0.05, 0.1) is 6.07 Å². The second kappa shape index (κ2) is 6.57. The standard InChI is InChI=1S/C15H11N5O4/c21-12(8-6-11-7-9-13(24-11)20(22)23)16-15-17-14(18-19-15)10-4-2-1-3-5-10/h1-9H,(H2,16,17,18,19,21). The maximum Gasteiger partial charge on any atom is 0.433 e. The van der Waals surface area contributed by atoms with Crippen molar-refractivity contribution in [2.24, 2.45) is 0 Å². The van der Waals surface area contributed by atoms with E-state index in [0.29, 0.717) is 5.82 Å². The monoisotopic (exact) mass is 325 g/mol. The van der Waals surface area contributed by atoms with Crippen LogP contribution in [0.3, 0.4) is 0 Å². The maximum absolute atomic E-state index is 11.8. The van der Waals surface area contributed by atoms with E-state index in [1.165, 1.54) is 24.3 Å². The maximum atomic E-state index is 11.8. The summed E-state index contributed by atoms with van der Waals surface area (Å²) in [6, 6.07) is 11.9. The Hall–Kier alpha value is -3.75. The van der Waals surface area contributed by atoms with Gasteiger partial charge in [0, 0.05) is 11.6 Å². The van der Waals surface area contributed by atoms with Gasteiger partial charge in [-0.2, -0.15) is 4.98 Å². The van der Waals surface area contributed by atoms with Crippen molar-refractivity contribution in [2.75, 3.05) is 5.32 Å². The van der Waals surface area contributed by atoms with Crippen LogP contribution in [0.4, 0.5) is 11.8 Å². The highest BCUT2D eigenvalue weighted by Crippen LogP contribution is 2.17. The van der Waals surface area contributed by atoms with E-state index < -0.39 is 16.7 Å². The first-order chi connectivity index (χ1) is 11.6. The summed E-state index contributed by atoms with van der Waals surface area (Å²) in [7, 11) is 0. The van der Waals surface area contributed by atoms with Gasteiger partial charge in [-0.15, -0.1) is 5.10 Å². The number of anilines is 1. The predicted octanol–water partition coefficient (Wildman–Crippen LogP) is 2.62. The van der Waals surface area contributed by atoms with E-state index in [0.717, 1.165) is 5.56 Å². The third kappa shape index (κ3) is 3.53. The van der Waals surface area contributed by atoms with E-state index in [2.05, 4.69) is 20.5 Å². The van der Waals surface area contributed by atoms with Crippen molar-refractivity contribution in [2.45, 2.75) is 0 Å². The lowest BCUT2D eigenvalue weighted by Crippen LogP contribution is -2.09. The number of H-pyrrole nitrogens is 1. The van der Waals surface area contributed by atoms with Crippen molar-refractivity contribution in [1.29, 1.82) is 0 Å². The fraction of sp³-hybridized carbons (Fsp3) is 0. The molecule has 9 heteroatoms. The lowest BCUT2D eigenvalue weighted by molar-refractivity contribution is -0.402. The molecule has 0 radical (unpaired) electrons. The van der Waals surface area contributed by atoms with Crippen LogP contribution in [0.2, 0.25) is 0 Å².